The first-order chi connectivity index (χ1) is 11.5. The molecule has 0 aromatic heterocycles. The predicted molar refractivity (Wildman–Crippen MR) is 95.2 cm³/mol. The Bertz CT molecular complexity index is 636. The molecule has 0 bridgehead atoms. The highest BCUT2D eigenvalue weighted by molar-refractivity contribution is 5.78. The van der Waals surface area contributed by atoms with Gasteiger partial charge in [-0.2, -0.15) is 0 Å². The minimum absolute atomic E-state index is 0.0757. The molecule has 0 aliphatic carbocycles. The normalized spacial score (nSPS) is 14.4. The third-order valence-corrected chi connectivity index (χ3v) is 4.19. The number of amides is 1. The van der Waals surface area contributed by atoms with Crippen molar-refractivity contribution in [1.29, 1.82) is 0 Å². The summed E-state index contributed by atoms with van der Waals surface area (Å²) < 4.78 is 11.7. The zero-order valence-corrected chi connectivity index (χ0v) is 15.1. The zero-order valence-electron chi connectivity index (χ0n) is 15.1. The number of rotatable bonds is 6. The summed E-state index contributed by atoms with van der Waals surface area (Å²) in [5, 5.41) is 2.84. The van der Waals surface area contributed by atoms with E-state index in [1.165, 1.54) is 5.56 Å². The first-order valence-corrected chi connectivity index (χ1v) is 8.64. The molecule has 2 rings (SSSR count). The first kappa shape index (κ1) is 18.2. The Labute approximate surface area is 144 Å². The maximum atomic E-state index is 11.8. The Morgan fingerprint density at radius 3 is 2.79 bits per heavy atom. The van der Waals surface area contributed by atoms with Crippen molar-refractivity contribution in [3.63, 3.8) is 0 Å². The molecule has 0 saturated carbocycles. The van der Waals surface area contributed by atoms with E-state index in [9.17, 15) is 4.79 Å². The van der Waals surface area contributed by atoms with Crippen LogP contribution in [0.1, 0.15) is 46.1 Å². The van der Waals surface area contributed by atoms with Crippen LogP contribution in [0.25, 0.3) is 0 Å². The van der Waals surface area contributed by atoms with Gasteiger partial charge in [-0.1, -0.05) is 37.8 Å². The number of carbonyl (C=O) groups excluding carboxylic acids is 1. The van der Waals surface area contributed by atoms with E-state index in [1.807, 2.05) is 26.0 Å². The van der Waals surface area contributed by atoms with Gasteiger partial charge in [-0.05, 0) is 32.8 Å². The molecule has 1 aliphatic heterocycles. The zero-order chi connectivity index (χ0) is 17.6. The quantitative estimate of drug-likeness (QED) is 0.814. The second kappa shape index (κ2) is 8.10. The third kappa shape index (κ3) is 4.67. The van der Waals surface area contributed by atoms with Gasteiger partial charge in [-0.3, -0.25) is 4.79 Å². The molecule has 1 amide bonds. The smallest absolute Gasteiger partial charge is 0.223 e. The molecule has 1 aromatic carbocycles. The molecular formula is C20H27NO3. The highest BCUT2D eigenvalue weighted by Gasteiger charge is 2.32. The number of carbonyl (C=O) groups is 1. The summed E-state index contributed by atoms with van der Waals surface area (Å²) in [6.45, 7) is 8.82. The number of hydrogen-bond acceptors (Lipinski definition) is 3. The number of para-hydroxylation sites is 1. The second-order valence-corrected chi connectivity index (χ2v) is 6.66. The second-order valence-electron chi connectivity index (χ2n) is 6.66. The minimum atomic E-state index is -0.188. The van der Waals surface area contributed by atoms with Crippen molar-refractivity contribution in [2.75, 3.05) is 13.2 Å². The Morgan fingerprint density at radius 2 is 2.08 bits per heavy atom. The van der Waals surface area contributed by atoms with Crippen molar-refractivity contribution in [2.45, 2.75) is 52.6 Å². The molecule has 1 aromatic rings. The van der Waals surface area contributed by atoms with Gasteiger partial charge in [0.05, 0.1) is 6.54 Å². The van der Waals surface area contributed by atoms with E-state index < -0.39 is 0 Å². The average Bonchev–Trinajstić information content (AvgIpc) is 2.86. The largest absolute Gasteiger partial charge is 0.483 e. The van der Waals surface area contributed by atoms with Gasteiger partial charge < -0.3 is 14.8 Å². The van der Waals surface area contributed by atoms with Crippen LogP contribution >= 0.6 is 0 Å². The highest BCUT2D eigenvalue weighted by Crippen LogP contribution is 2.41. The van der Waals surface area contributed by atoms with E-state index >= 15 is 0 Å². The summed E-state index contributed by atoms with van der Waals surface area (Å²) in [4.78, 5) is 11.8. The molecule has 0 fully saturated rings. The summed E-state index contributed by atoms with van der Waals surface area (Å²) in [6.07, 6.45) is 2.59. The monoisotopic (exact) mass is 329 g/mol. The fourth-order valence-corrected chi connectivity index (χ4v) is 2.86. The number of benzene rings is 1. The van der Waals surface area contributed by atoms with Crippen molar-refractivity contribution in [3.05, 3.63) is 23.8 Å². The summed E-state index contributed by atoms with van der Waals surface area (Å²) in [7, 11) is 0. The summed E-state index contributed by atoms with van der Waals surface area (Å²) in [5.41, 5.74) is 0.982. The van der Waals surface area contributed by atoms with Crippen molar-refractivity contribution in [3.8, 4) is 23.3 Å². The van der Waals surface area contributed by atoms with Crippen LogP contribution in [0.3, 0.4) is 0 Å². The van der Waals surface area contributed by atoms with Crippen LogP contribution in [-0.2, 0) is 11.2 Å². The Kier molecular flexibility index (Phi) is 6.14. The highest BCUT2D eigenvalue weighted by atomic mass is 16.5. The lowest BCUT2D eigenvalue weighted by Crippen LogP contribution is -2.30. The van der Waals surface area contributed by atoms with Gasteiger partial charge in [-0.25, -0.2) is 0 Å². The van der Waals surface area contributed by atoms with E-state index in [4.69, 9.17) is 9.47 Å². The topological polar surface area (TPSA) is 47.6 Å². The van der Waals surface area contributed by atoms with Crippen LogP contribution in [0.4, 0.5) is 0 Å². The van der Waals surface area contributed by atoms with Gasteiger partial charge in [0, 0.05) is 17.9 Å². The van der Waals surface area contributed by atoms with Crippen molar-refractivity contribution < 1.29 is 14.3 Å². The maximum Gasteiger partial charge on any atom is 0.223 e. The Balaban J connectivity index is 1.81. The van der Waals surface area contributed by atoms with Crippen LogP contribution in [0, 0.1) is 17.8 Å². The van der Waals surface area contributed by atoms with E-state index in [2.05, 4.69) is 37.1 Å². The third-order valence-electron chi connectivity index (χ3n) is 4.19. The average molecular weight is 329 g/mol. The molecule has 0 radical (unpaired) electrons. The van der Waals surface area contributed by atoms with Crippen LogP contribution in [-0.4, -0.2) is 24.7 Å². The van der Waals surface area contributed by atoms with Gasteiger partial charge in [0.2, 0.25) is 5.91 Å². The Hall–Kier alpha value is -2.15. The standard InChI is InChI=1S/C20H27NO3/c1-5-15(6-2)19(22)21-12-7-8-13-23-17-11-9-10-16-14-20(3,4)24-18(16)17/h9-11,15H,5-6,12-14H2,1-4H3,(H,21,22). The summed E-state index contributed by atoms with van der Waals surface area (Å²) in [5.74, 6) is 7.57. The Morgan fingerprint density at radius 1 is 1.33 bits per heavy atom. The number of ether oxygens (including phenoxy) is 2. The number of fused-ring (bicyclic) bond motifs is 1. The molecule has 4 nitrogen and oxygen atoms in total. The van der Waals surface area contributed by atoms with E-state index in [-0.39, 0.29) is 24.0 Å². The van der Waals surface area contributed by atoms with Crippen LogP contribution in [0.2, 0.25) is 0 Å². The van der Waals surface area contributed by atoms with Gasteiger partial charge in [0.1, 0.15) is 12.2 Å². The molecule has 1 N–H and O–H groups in total. The van der Waals surface area contributed by atoms with Crippen LogP contribution in [0.15, 0.2) is 18.2 Å². The molecule has 4 heteroatoms. The lowest BCUT2D eigenvalue weighted by atomic mass is 10.0. The lowest BCUT2D eigenvalue weighted by molar-refractivity contribution is -0.124. The molecule has 130 valence electrons. The molecule has 0 spiro atoms. The van der Waals surface area contributed by atoms with E-state index in [0.29, 0.717) is 6.54 Å². The van der Waals surface area contributed by atoms with Gasteiger partial charge in [0.25, 0.3) is 0 Å². The van der Waals surface area contributed by atoms with Crippen LogP contribution in [0.5, 0.6) is 11.5 Å². The van der Waals surface area contributed by atoms with Crippen LogP contribution < -0.4 is 14.8 Å². The maximum absolute atomic E-state index is 11.8. The minimum Gasteiger partial charge on any atom is -0.483 e. The molecule has 1 aliphatic rings. The van der Waals surface area contributed by atoms with Gasteiger partial charge in [0.15, 0.2) is 11.5 Å². The number of hydrogen-bond donors (Lipinski definition) is 1. The van der Waals surface area contributed by atoms with Gasteiger partial charge in [-0.15, -0.1) is 0 Å². The molecule has 0 saturated heterocycles. The van der Waals surface area contributed by atoms with Crippen molar-refractivity contribution in [1.82, 2.24) is 5.32 Å². The lowest BCUT2D eigenvalue weighted by Gasteiger charge is -2.17. The fraction of sp³-hybridized carbons (Fsp3) is 0.550. The molecule has 0 atom stereocenters. The SMILES string of the molecule is CCC(CC)C(=O)NCC#CCOc1cccc2c1OC(C)(C)C2. The van der Waals surface area contributed by atoms with E-state index in [0.717, 1.165) is 30.8 Å². The summed E-state index contributed by atoms with van der Waals surface area (Å²) in [6, 6.07) is 5.94. The fourth-order valence-electron chi connectivity index (χ4n) is 2.86. The van der Waals surface area contributed by atoms with Gasteiger partial charge >= 0.3 is 0 Å². The predicted octanol–water partition coefficient (Wildman–Crippen LogP) is 3.33. The van der Waals surface area contributed by atoms with Crippen molar-refractivity contribution in [2.24, 2.45) is 5.92 Å². The van der Waals surface area contributed by atoms with E-state index in [1.54, 1.807) is 0 Å². The molecule has 24 heavy (non-hydrogen) atoms. The first-order valence-electron chi connectivity index (χ1n) is 8.64. The summed E-state index contributed by atoms with van der Waals surface area (Å²) >= 11 is 0. The van der Waals surface area contributed by atoms with Crippen molar-refractivity contribution >= 4 is 5.91 Å². The number of nitrogens with one attached hydrogen (secondary N) is 1. The molecule has 0 unspecified atom stereocenters. The molecular weight excluding hydrogens is 302 g/mol. The molecule has 1 heterocycles.